The van der Waals surface area contributed by atoms with E-state index in [0.717, 1.165) is 50.9 Å². The summed E-state index contributed by atoms with van der Waals surface area (Å²) in [7, 11) is -3.25. The van der Waals surface area contributed by atoms with Crippen molar-refractivity contribution in [1.82, 2.24) is 9.71 Å². The summed E-state index contributed by atoms with van der Waals surface area (Å²) < 4.78 is 33.0. The van der Waals surface area contributed by atoms with Gasteiger partial charge in [0.2, 0.25) is 10.0 Å². The van der Waals surface area contributed by atoms with Crippen LogP contribution in [0.4, 0.5) is 5.69 Å². The lowest BCUT2D eigenvalue weighted by molar-refractivity contribution is -0.00209. The quantitative estimate of drug-likeness (QED) is 0.708. The monoisotopic (exact) mass is 443 g/mol. The van der Waals surface area contributed by atoms with E-state index in [9.17, 15) is 8.42 Å². The van der Waals surface area contributed by atoms with Crippen molar-refractivity contribution < 1.29 is 13.2 Å². The standard InChI is InChI=1S/C24H33N3O3S/c1-31(28,29)26-24-13-16-27(22-11-14-25-15-12-22)17-21(24)18-30-23-9-7-20(8-10-23)19-5-3-2-4-6-19/h2-6,11-12,14-15,20-21,23-24,26H,7-10,13,16-18H2,1H3/t20?,21-,23?,24?/m0/s1. The van der Waals surface area contributed by atoms with Crippen molar-refractivity contribution >= 4 is 15.7 Å². The molecule has 1 aromatic heterocycles. The summed E-state index contributed by atoms with van der Waals surface area (Å²) in [5, 5.41) is 0. The van der Waals surface area contributed by atoms with Crippen molar-refractivity contribution in [2.24, 2.45) is 5.92 Å². The zero-order valence-electron chi connectivity index (χ0n) is 18.2. The molecule has 2 fully saturated rings. The summed E-state index contributed by atoms with van der Waals surface area (Å²) in [5.74, 6) is 0.737. The molecule has 6 nitrogen and oxygen atoms in total. The number of aromatic nitrogens is 1. The van der Waals surface area contributed by atoms with Crippen LogP contribution in [-0.2, 0) is 14.8 Å². The third-order valence-corrected chi connectivity index (χ3v) is 7.35. The molecule has 2 aromatic rings. The molecule has 1 unspecified atom stereocenters. The molecule has 1 N–H and O–H groups in total. The summed E-state index contributed by atoms with van der Waals surface area (Å²) in [5.41, 5.74) is 2.56. The van der Waals surface area contributed by atoms with Crippen LogP contribution < -0.4 is 9.62 Å². The normalized spacial score (nSPS) is 27.2. The molecule has 31 heavy (non-hydrogen) atoms. The molecule has 1 saturated carbocycles. The minimum Gasteiger partial charge on any atom is -0.378 e. The molecule has 4 rings (SSSR count). The molecule has 1 aliphatic heterocycles. The molecule has 2 atom stereocenters. The van der Waals surface area contributed by atoms with Crippen LogP contribution >= 0.6 is 0 Å². The average molecular weight is 444 g/mol. The van der Waals surface area contributed by atoms with Crippen molar-refractivity contribution in [2.75, 3.05) is 30.9 Å². The molecule has 0 spiro atoms. The number of pyridine rings is 1. The Bertz CT molecular complexity index is 916. The highest BCUT2D eigenvalue weighted by molar-refractivity contribution is 7.88. The maximum absolute atomic E-state index is 11.9. The molecule has 0 amide bonds. The minimum absolute atomic E-state index is 0.0891. The molecular weight excluding hydrogens is 410 g/mol. The summed E-state index contributed by atoms with van der Waals surface area (Å²) >= 11 is 0. The van der Waals surface area contributed by atoms with E-state index >= 15 is 0 Å². The number of anilines is 1. The molecular formula is C24H33N3O3S. The first kappa shape index (κ1) is 22.2. The van der Waals surface area contributed by atoms with Gasteiger partial charge in [-0.1, -0.05) is 30.3 Å². The molecule has 2 heterocycles. The van der Waals surface area contributed by atoms with Crippen LogP contribution in [0.2, 0.25) is 0 Å². The van der Waals surface area contributed by atoms with Gasteiger partial charge in [-0.05, 0) is 55.7 Å². The fourth-order valence-corrected chi connectivity index (χ4v) is 5.83. The van der Waals surface area contributed by atoms with Gasteiger partial charge in [-0.2, -0.15) is 0 Å². The number of hydrogen-bond acceptors (Lipinski definition) is 5. The van der Waals surface area contributed by atoms with Crippen molar-refractivity contribution in [2.45, 2.75) is 50.2 Å². The van der Waals surface area contributed by atoms with E-state index in [4.69, 9.17) is 4.74 Å². The largest absolute Gasteiger partial charge is 0.378 e. The van der Waals surface area contributed by atoms with Crippen LogP contribution in [0.25, 0.3) is 0 Å². The van der Waals surface area contributed by atoms with Crippen LogP contribution in [0.3, 0.4) is 0 Å². The van der Waals surface area contributed by atoms with E-state index in [1.807, 2.05) is 12.1 Å². The van der Waals surface area contributed by atoms with Gasteiger partial charge in [0.25, 0.3) is 0 Å². The van der Waals surface area contributed by atoms with Gasteiger partial charge in [0.05, 0.1) is 19.0 Å². The second-order valence-electron chi connectivity index (χ2n) is 8.91. The molecule has 2 aliphatic rings. The van der Waals surface area contributed by atoms with E-state index < -0.39 is 10.0 Å². The Balaban J connectivity index is 1.34. The van der Waals surface area contributed by atoms with Crippen LogP contribution in [0.5, 0.6) is 0 Å². The Morgan fingerprint density at radius 3 is 2.42 bits per heavy atom. The van der Waals surface area contributed by atoms with Gasteiger partial charge < -0.3 is 9.64 Å². The molecule has 1 aromatic carbocycles. The number of piperidine rings is 1. The second kappa shape index (κ2) is 10.1. The molecule has 7 heteroatoms. The molecule has 0 bridgehead atoms. The average Bonchev–Trinajstić information content (AvgIpc) is 2.79. The Labute approximate surface area is 186 Å². The fraction of sp³-hybridized carbons (Fsp3) is 0.542. The lowest BCUT2D eigenvalue weighted by Gasteiger charge is -2.40. The highest BCUT2D eigenvalue weighted by Crippen LogP contribution is 2.34. The third kappa shape index (κ3) is 6.28. The topological polar surface area (TPSA) is 71.5 Å². The third-order valence-electron chi connectivity index (χ3n) is 6.62. The number of ether oxygens (including phenoxy) is 1. The van der Waals surface area contributed by atoms with Gasteiger partial charge in [0.1, 0.15) is 0 Å². The van der Waals surface area contributed by atoms with E-state index in [2.05, 4.69) is 44.9 Å². The minimum atomic E-state index is -3.25. The number of benzene rings is 1. The predicted octanol–water partition coefficient (Wildman–Crippen LogP) is 3.57. The molecule has 1 saturated heterocycles. The summed E-state index contributed by atoms with van der Waals surface area (Å²) in [4.78, 5) is 6.41. The van der Waals surface area contributed by atoms with Gasteiger partial charge >= 0.3 is 0 Å². The van der Waals surface area contributed by atoms with E-state index in [-0.39, 0.29) is 18.1 Å². The lowest BCUT2D eigenvalue weighted by Crippen LogP contribution is -2.52. The summed E-state index contributed by atoms with van der Waals surface area (Å²) in [6.07, 6.45) is 10.3. The van der Waals surface area contributed by atoms with Gasteiger partial charge in [-0.3, -0.25) is 4.98 Å². The highest BCUT2D eigenvalue weighted by atomic mass is 32.2. The number of nitrogens with zero attached hydrogens (tertiary/aromatic N) is 2. The molecule has 1 aliphatic carbocycles. The van der Waals surface area contributed by atoms with E-state index in [1.54, 1.807) is 12.4 Å². The molecule has 0 radical (unpaired) electrons. The Hall–Kier alpha value is -1.96. The maximum atomic E-state index is 11.9. The number of nitrogens with one attached hydrogen (secondary N) is 1. The lowest BCUT2D eigenvalue weighted by atomic mass is 9.82. The van der Waals surface area contributed by atoms with Gasteiger partial charge in [-0.25, -0.2) is 13.1 Å². The summed E-state index contributed by atoms with van der Waals surface area (Å²) in [6.45, 7) is 2.17. The van der Waals surface area contributed by atoms with E-state index in [1.165, 1.54) is 11.8 Å². The first-order valence-corrected chi connectivity index (χ1v) is 13.2. The van der Waals surface area contributed by atoms with Crippen molar-refractivity contribution in [3.8, 4) is 0 Å². The number of rotatable bonds is 7. The second-order valence-corrected chi connectivity index (χ2v) is 10.7. The first-order chi connectivity index (χ1) is 15.0. The predicted molar refractivity (Wildman–Crippen MR) is 124 cm³/mol. The Morgan fingerprint density at radius 1 is 1.03 bits per heavy atom. The van der Waals surface area contributed by atoms with Crippen molar-refractivity contribution in [3.05, 3.63) is 60.4 Å². The van der Waals surface area contributed by atoms with Crippen LogP contribution in [-0.4, -0.2) is 51.5 Å². The maximum Gasteiger partial charge on any atom is 0.208 e. The smallest absolute Gasteiger partial charge is 0.208 e. The number of hydrogen-bond donors (Lipinski definition) is 1. The zero-order valence-corrected chi connectivity index (χ0v) is 19.0. The highest BCUT2D eigenvalue weighted by Gasteiger charge is 2.33. The molecule has 168 valence electrons. The van der Waals surface area contributed by atoms with Crippen LogP contribution in [0, 0.1) is 5.92 Å². The first-order valence-electron chi connectivity index (χ1n) is 11.3. The van der Waals surface area contributed by atoms with Crippen LogP contribution in [0.1, 0.15) is 43.6 Å². The Morgan fingerprint density at radius 2 is 1.74 bits per heavy atom. The fourth-order valence-electron chi connectivity index (χ4n) is 4.97. The van der Waals surface area contributed by atoms with Crippen molar-refractivity contribution in [3.63, 3.8) is 0 Å². The summed E-state index contributed by atoms with van der Waals surface area (Å²) in [6, 6.07) is 14.7. The van der Waals surface area contributed by atoms with E-state index in [0.29, 0.717) is 12.5 Å². The van der Waals surface area contributed by atoms with Crippen LogP contribution in [0.15, 0.2) is 54.9 Å². The zero-order chi connectivity index (χ0) is 21.7. The van der Waals surface area contributed by atoms with Gasteiger partial charge in [0, 0.05) is 43.1 Å². The number of sulfonamides is 1. The SMILES string of the molecule is CS(=O)(=O)NC1CCN(c2ccncc2)C[C@H]1COC1CCC(c2ccccc2)CC1. The van der Waals surface area contributed by atoms with Gasteiger partial charge in [-0.15, -0.1) is 0 Å². The van der Waals surface area contributed by atoms with Crippen molar-refractivity contribution in [1.29, 1.82) is 0 Å². The van der Waals surface area contributed by atoms with Gasteiger partial charge in [0.15, 0.2) is 0 Å². The Kier molecular flexibility index (Phi) is 7.25.